The number of hydrogen-bond acceptors (Lipinski definition) is 5. The van der Waals surface area contributed by atoms with Crippen LogP contribution in [0.3, 0.4) is 0 Å². The van der Waals surface area contributed by atoms with Crippen LogP contribution in [0.1, 0.15) is 87.9 Å². The first-order valence-corrected chi connectivity index (χ1v) is 14.1. The Morgan fingerprint density at radius 3 is 2.43 bits per heavy atom. The zero-order valence-corrected chi connectivity index (χ0v) is 23.1. The Morgan fingerprint density at radius 1 is 1.14 bits per heavy atom. The van der Waals surface area contributed by atoms with Crippen molar-refractivity contribution in [2.75, 3.05) is 34.3 Å². The molecule has 1 aromatic heterocycles. The Labute approximate surface area is 221 Å². The lowest BCUT2D eigenvalue weighted by Gasteiger charge is -2.53. The van der Waals surface area contributed by atoms with Gasteiger partial charge >= 0.3 is 0 Å². The van der Waals surface area contributed by atoms with Crippen molar-refractivity contribution in [2.45, 2.75) is 89.7 Å². The molecule has 0 radical (unpaired) electrons. The van der Waals surface area contributed by atoms with Crippen molar-refractivity contribution in [3.8, 4) is 5.75 Å². The molecule has 1 spiro atoms. The molecule has 1 aromatic rings. The fraction of sp³-hybridized carbons (Fsp3) is 0.759. The molecule has 1 aliphatic heterocycles. The van der Waals surface area contributed by atoms with Gasteiger partial charge in [-0.3, -0.25) is 14.4 Å². The molecule has 2 heterocycles. The highest BCUT2D eigenvalue weighted by Gasteiger charge is 2.55. The number of pyridine rings is 1. The molecule has 1 N–H and O–H groups in total. The zero-order chi connectivity index (χ0) is 26.8. The SMILES string of the molecule is COc1cc(=O)n(CC2(O)CCN(C(=O)[C@H](C)CC3CCCCC3)CC23CCCC3)cc1C(=O)N(C)C. The first-order chi connectivity index (χ1) is 17.6. The molecular weight excluding hydrogens is 470 g/mol. The average molecular weight is 516 g/mol. The molecule has 8 nitrogen and oxygen atoms in total. The minimum absolute atomic E-state index is 0.00319. The molecule has 1 saturated heterocycles. The van der Waals surface area contributed by atoms with E-state index < -0.39 is 11.0 Å². The smallest absolute Gasteiger partial charge is 0.258 e. The number of rotatable bonds is 7. The van der Waals surface area contributed by atoms with E-state index in [1.165, 1.54) is 60.9 Å². The van der Waals surface area contributed by atoms with Gasteiger partial charge in [0.25, 0.3) is 11.5 Å². The van der Waals surface area contributed by atoms with E-state index in [2.05, 4.69) is 6.92 Å². The number of carbonyl (C=O) groups is 2. The van der Waals surface area contributed by atoms with Crippen LogP contribution in [0.2, 0.25) is 0 Å². The minimum atomic E-state index is -1.14. The molecule has 2 atom stereocenters. The van der Waals surface area contributed by atoms with Crippen LogP contribution in [0.25, 0.3) is 0 Å². The molecule has 0 bridgehead atoms. The quantitative estimate of drug-likeness (QED) is 0.598. The maximum Gasteiger partial charge on any atom is 0.258 e. The summed E-state index contributed by atoms with van der Waals surface area (Å²) in [6.45, 7) is 3.19. The van der Waals surface area contributed by atoms with Crippen molar-refractivity contribution in [1.82, 2.24) is 14.4 Å². The second kappa shape index (κ2) is 11.2. The molecule has 8 heteroatoms. The number of methoxy groups -OCH3 is 1. The van der Waals surface area contributed by atoms with Gasteiger partial charge in [0.15, 0.2) is 0 Å². The van der Waals surface area contributed by atoms with Crippen molar-refractivity contribution in [2.24, 2.45) is 17.3 Å². The van der Waals surface area contributed by atoms with Crippen LogP contribution in [0.5, 0.6) is 5.75 Å². The monoisotopic (exact) mass is 515 g/mol. The number of amides is 2. The number of nitrogens with zero attached hydrogens (tertiary/aromatic N) is 3. The summed E-state index contributed by atoms with van der Waals surface area (Å²) in [6, 6.07) is 1.33. The molecule has 206 valence electrons. The largest absolute Gasteiger partial charge is 0.496 e. The lowest BCUT2D eigenvalue weighted by molar-refractivity contribution is -0.163. The minimum Gasteiger partial charge on any atom is -0.496 e. The van der Waals surface area contributed by atoms with E-state index in [9.17, 15) is 19.5 Å². The van der Waals surface area contributed by atoms with Gasteiger partial charge in [-0.1, -0.05) is 51.9 Å². The standard InChI is InChI=1S/C29H45N3O5/c1-21(16-22-10-6-5-7-11-22)26(34)31-15-14-29(36,28(19-31)12-8-9-13-28)20-32-18-23(27(35)30(2)3)24(37-4)17-25(32)33/h17-18,21-22,36H,5-16,19-20H2,1-4H3/t21-,29?/m1/s1. The summed E-state index contributed by atoms with van der Waals surface area (Å²) in [6.07, 6.45) is 12.9. The highest BCUT2D eigenvalue weighted by Crippen LogP contribution is 2.52. The third kappa shape index (κ3) is 5.59. The van der Waals surface area contributed by atoms with Crippen molar-refractivity contribution < 1.29 is 19.4 Å². The summed E-state index contributed by atoms with van der Waals surface area (Å²) in [5.41, 5.74) is -1.60. The van der Waals surface area contributed by atoms with E-state index in [1.54, 1.807) is 14.1 Å². The predicted octanol–water partition coefficient (Wildman–Crippen LogP) is 3.69. The Bertz CT molecular complexity index is 1040. The van der Waals surface area contributed by atoms with Crippen molar-refractivity contribution in [3.63, 3.8) is 0 Å². The van der Waals surface area contributed by atoms with E-state index in [-0.39, 0.29) is 35.6 Å². The van der Waals surface area contributed by atoms with E-state index in [1.807, 2.05) is 4.90 Å². The molecule has 3 fully saturated rings. The molecule has 37 heavy (non-hydrogen) atoms. The lowest BCUT2D eigenvalue weighted by atomic mass is 9.65. The highest BCUT2D eigenvalue weighted by atomic mass is 16.5. The van der Waals surface area contributed by atoms with E-state index in [0.29, 0.717) is 31.0 Å². The van der Waals surface area contributed by atoms with Gasteiger partial charge in [-0.25, -0.2) is 0 Å². The van der Waals surface area contributed by atoms with Gasteiger partial charge in [0.2, 0.25) is 5.91 Å². The van der Waals surface area contributed by atoms with Crippen LogP contribution in [0, 0.1) is 17.3 Å². The fourth-order valence-electron chi connectivity index (χ4n) is 7.15. The van der Waals surface area contributed by atoms with E-state index in [0.717, 1.165) is 32.1 Å². The van der Waals surface area contributed by atoms with Crippen LogP contribution in [-0.2, 0) is 11.3 Å². The predicted molar refractivity (Wildman–Crippen MR) is 143 cm³/mol. The first-order valence-electron chi connectivity index (χ1n) is 14.1. The number of aliphatic hydroxyl groups is 1. The second-order valence-electron chi connectivity index (χ2n) is 12.1. The van der Waals surface area contributed by atoms with E-state index >= 15 is 0 Å². The summed E-state index contributed by atoms with van der Waals surface area (Å²) >= 11 is 0. The van der Waals surface area contributed by atoms with Crippen LogP contribution >= 0.6 is 0 Å². The van der Waals surface area contributed by atoms with Crippen molar-refractivity contribution in [1.29, 1.82) is 0 Å². The maximum absolute atomic E-state index is 13.5. The second-order valence-corrected chi connectivity index (χ2v) is 12.1. The lowest BCUT2D eigenvalue weighted by Crippen LogP contribution is -2.62. The zero-order valence-electron chi connectivity index (χ0n) is 23.1. The third-order valence-electron chi connectivity index (χ3n) is 9.36. The highest BCUT2D eigenvalue weighted by molar-refractivity contribution is 5.96. The van der Waals surface area contributed by atoms with Crippen molar-refractivity contribution >= 4 is 11.8 Å². The third-order valence-corrected chi connectivity index (χ3v) is 9.36. The summed E-state index contributed by atoms with van der Waals surface area (Å²) in [7, 11) is 4.75. The molecular formula is C29H45N3O5. The maximum atomic E-state index is 13.5. The number of carbonyl (C=O) groups excluding carboxylic acids is 2. The Hall–Kier alpha value is -2.35. The van der Waals surface area contributed by atoms with Gasteiger partial charge in [0, 0.05) is 50.8 Å². The Kier molecular flexibility index (Phi) is 8.36. The van der Waals surface area contributed by atoms with Crippen LogP contribution in [0.4, 0.5) is 0 Å². The number of piperidine rings is 1. The molecule has 1 unspecified atom stereocenters. The Balaban J connectivity index is 1.55. The van der Waals surface area contributed by atoms with Crippen LogP contribution < -0.4 is 10.3 Å². The number of hydrogen-bond donors (Lipinski definition) is 1. The molecule has 2 aliphatic carbocycles. The van der Waals surface area contributed by atoms with Gasteiger partial charge in [0.1, 0.15) is 5.75 Å². The molecule has 0 aromatic carbocycles. The summed E-state index contributed by atoms with van der Waals surface area (Å²) in [5.74, 6) is 0.822. The van der Waals surface area contributed by atoms with Crippen LogP contribution in [0.15, 0.2) is 17.1 Å². The van der Waals surface area contributed by atoms with Gasteiger partial charge in [-0.15, -0.1) is 0 Å². The summed E-state index contributed by atoms with van der Waals surface area (Å²) in [4.78, 5) is 42.7. The topological polar surface area (TPSA) is 92.1 Å². The first kappa shape index (κ1) is 27.7. The number of aromatic nitrogens is 1. The number of ether oxygens (including phenoxy) is 1. The summed E-state index contributed by atoms with van der Waals surface area (Å²) < 4.78 is 6.77. The average Bonchev–Trinajstić information content (AvgIpc) is 3.36. The number of likely N-dealkylation sites (tertiary alicyclic amines) is 1. The van der Waals surface area contributed by atoms with E-state index in [4.69, 9.17) is 4.74 Å². The fourth-order valence-corrected chi connectivity index (χ4v) is 7.15. The van der Waals surface area contributed by atoms with Gasteiger partial charge in [-0.2, -0.15) is 0 Å². The molecule has 2 amide bonds. The molecule has 4 rings (SSSR count). The molecule has 2 saturated carbocycles. The van der Waals surface area contributed by atoms with Gasteiger partial charge in [-0.05, 0) is 31.6 Å². The van der Waals surface area contributed by atoms with Crippen molar-refractivity contribution in [3.05, 3.63) is 28.2 Å². The van der Waals surface area contributed by atoms with Gasteiger partial charge in [0.05, 0.1) is 24.8 Å². The molecule has 3 aliphatic rings. The van der Waals surface area contributed by atoms with Crippen LogP contribution in [-0.4, -0.2) is 71.2 Å². The normalized spacial score (nSPS) is 24.7. The Morgan fingerprint density at radius 2 is 1.81 bits per heavy atom. The summed E-state index contributed by atoms with van der Waals surface area (Å²) in [5, 5.41) is 12.1. The van der Waals surface area contributed by atoms with Gasteiger partial charge < -0.3 is 24.2 Å².